The minimum atomic E-state index is -4.51. The summed E-state index contributed by atoms with van der Waals surface area (Å²) >= 11 is 0. The van der Waals surface area contributed by atoms with Crippen molar-refractivity contribution in [3.8, 4) is 11.5 Å². The van der Waals surface area contributed by atoms with Gasteiger partial charge in [-0.15, -0.1) is 0 Å². The van der Waals surface area contributed by atoms with Gasteiger partial charge in [-0.1, -0.05) is 6.07 Å². The van der Waals surface area contributed by atoms with Crippen LogP contribution < -0.4 is 14.8 Å². The zero-order valence-electron chi connectivity index (χ0n) is 10.5. The van der Waals surface area contributed by atoms with E-state index in [1.165, 1.54) is 32.4 Å². The van der Waals surface area contributed by atoms with E-state index in [4.69, 9.17) is 9.47 Å². The molecule has 1 aromatic rings. The Morgan fingerprint density at radius 1 is 1.26 bits per heavy atom. The summed E-state index contributed by atoms with van der Waals surface area (Å²) in [5.41, 5.74) is 0.384. The van der Waals surface area contributed by atoms with E-state index in [9.17, 15) is 18.0 Å². The molecular formula is C12H14F3NO3. The molecule has 1 unspecified atom stereocenters. The highest BCUT2D eigenvalue weighted by Crippen LogP contribution is 2.30. The summed E-state index contributed by atoms with van der Waals surface area (Å²) in [7, 11) is 2.83. The van der Waals surface area contributed by atoms with Crippen LogP contribution in [0.3, 0.4) is 0 Å². The molecule has 19 heavy (non-hydrogen) atoms. The van der Waals surface area contributed by atoms with E-state index < -0.39 is 12.2 Å². The molecule has 0 bridgehead atoms. The van der Waals surface area contributed by atoms with Crippen LogP contribution in [0.4, 0.5) is 13.2 Å². The largest absolute Gasteiger partial charge is 0.493 e. The van der Waals surface area contributed by atoms with Crippen molar-refractivity contribution >= 4 is 6.41 Å². The van der Waals surface area contributed by atoms with Crippen LogP contribution in [0.2, 0.25) is 0 Å². The van der Waals surface area contributed by atoms with Gasteiger partial charge in [0.1, 0.15) is 6.04 Å². The summed E-state index contributed by atoms with van der Waals surface area (Å²) in [6.45, 7) is 0. The number of methoxy groups -OCH3 is 2. The predicted octanol–water partition coefficient (Wildman–Crippen LogP) is 1.92. The monoisotopic (exact) mass is 277 g/mol. The number of ether oxygens (including phenoxy) is 2. The molecule has 0 aliphatic heterocycles. The van der Waals surface area contributed by atoms with E-state index in [1.807, 2.05) is 0 Å². The lowest BCUT2D eigenvalue weighted by atomic mass is 10.0. The van der Waals surface area contributed by atoms with E-state index in [0.717, 1.165) is 0 Å². The van der Waals surface area contributed by atoms with Gasteiger partial charge < -0.3 is 14.8 Å². The fraction of sp³-hybridized carbons (Fsp3) is 0.417. The molecule has 1 aromatic carbocycles. The summed E-state index contributed by atoms with van der Waals surface area (Å²) in [5.74, 6) is 0.769. The molecule has 1 rings (SSSR count). The molecule has 0 saturated heterocycles. The average Bonchev–Trinajstić information content (AvgIpc) is 2.37. The Morgan fingerprint density at radius 2 is 1.89 bits per heavy atom. The number of benzene rings is 1. The van der Waals surface area contributed by atoms with Gasteiger partial charge in [0, 0.05) is 6.42 Å². The van der Waals surface area contributed by atoms with Crippen molar-refractivity contribution in [2.45, 2.75) is 18.6 Å². The zero-order chi connectivity index (χ0) is 14.5. The molecule has 0 fully saturated rings. The van der Waals surface area contributed by atoms with Crippen molar-refractivity contribution in [1.29, 1.82) is 0 Å². The van der Waals surface area contributed by atoms with Crippen LogP contribution in [0.25, 0.3) is 0 Å². The van der Waals surface area contributed by atoms with E-state index in [-0.39, 0.29) is 12.8 Å². The van der Waals surface area contributed by atoms with E-state index in [0.29, 0.717) is 17.1 Å². The standard InChI is InChI=1S/C12H14F3NO3/c1-18-9-4-3-8(5-10(9)19-2)6-11(16-7-17)12(13,14)15/h3-5,7,11H,6H2,1-2H3,(H,16,17). The number of carbonyl (C=O) groups excluding carboxylic acids is 1. The van der Waals surface area contributed by atoms with E-state index in [2.05, 4.69) is 0 Å². The summed E-state index contributed by atoms with van der Waals surface area (Å²) in [6.07, 6.45) is -4.84. The highest BCUT2D eigenvalue weighted by molar-refractivity contribution is 5.48. The molecule has 0 aromatic heterocycles. The predicted molar refractivity (Wildman–Crippen MR) is 62.3 cm³/mol. The number of hydrogen-bond acceptors (Lipinski definition) is 3. The average molecular weight is 277 g/mol. The summed E-state index contributed by atoms with van der Waals surface area (Å²) in [4.78, 5) is 10.2. The lowest BCUT2D eigenvalue weighted by Crippen LogP contribution is -2.43. The fourth-order valence-electron chi connectivity index (χ4n) is 1.59. The minimum absolute atomic E-state index is 0.0406. The van der Waals surface area contributed by atoms with Crippen LogP contribution in [-0.2, 0) is 11.2 Å². The second-order valence-electron chi connectivity index (χ2n) is 3.77. The van der Waals surface area contributed by atoms with Gasteiger partial charge >= 0.3 is 6.18 Å². The van der Waals surface area contributed by atoms with Gasteiger partial charge in [-0.05, 0) is 17.7 Å². The number of hydrogen-bond donors (Lipinski definition) is 1. The molecule has 0 aliphatic carbocycles. The van der Waals surface area contributed by atoms with Crippen LogP contribution in [0.15, 0.2) is 18.2 Å². The first kappa shape index (κ1) is 15.1. The molecule has 0 spiro atoms. The molecule has 7 heteroatoms. The van der Waals surface area contributed by atoms with Crippen LogP contribution in [-0.4, -0.2) is 32.8 Å². The number of halogens is 3. The first-order valence-electron chi connectivity index (χ1n) is 5.39. The van der Waals surface area contributed by atoms with Gasteiger partial charge in [0.2, 0.25) is 6.41 Å². The number of rotatable bonds is 6. The SMILES string of the molecule is COc1ccc(CC(NC=O)C(F)(F)F)cc1OC. The molecule has 1 N–H and O–H groups in total. The minimum Gasteiger partial charge on any atom is -0.493 e. The van der Waals surface area contributed by atoms with Crippen molar-refractivity contribution in [2.24, 2.45) is 0 Å². The van der Waals surface area contributed by atoms with Gasteiger partial charge in [0.25, 0.3) is 0 Å². The lowest BCUT2D eigenvalue weighted by molar-refractivity contribution is -0.158. The summed E-state index contributed by atoms with van der Waals surface area (Å²) < 4.78 is 47.9. The highest BCUT2D eigenvalue weighted by Gasteiger charge is 2.39. The van der Waals surface area contributed by atoms with Crippen molar-refractivity contribution in [1.82, 2.24) is 5.32 Å². The second-order valence-corrected chi connectivity index (χ2v) is 3.77. The van der Waals surface area contributed by atoms with Crippen LogP contribution in [0, 0.1) is 0 Å². The third-order valence-corrected chi connectivity index (χ3v) is 2.55. The van der Waals surface area contributed by atoms with Gasteiger partial charge in [0.05, 0.1) is 14.2 Å². The topological polar surface area (TPSA) is 47.6 Å². The van der Waals surface area contributed by atoms with Gasteiger partial charge in [-0.3, -0.25) is 4.79 Å². The van der Waals surface area contributed by atoms with Crippen molar-refractivity contribution < 1.29 is 27.4 Å². The Labute approximate surface area is 108 Å². The first-order valence-corrected chi connectivity index (χ1v) is 5.39. The first-order chi connectivity index (χ1) is 8.92. The molecule has 0 radical (unpaired) electrons. The number of amides is 1. The molecule has 0 heterocycles. The third-order valence-electron chi connectivity index (χ3n) is 2.55. The molecule has 1 amide bonds. The third kappa shape index (κ3) is 4.04. The fourth-order valence-corrected chi connectivity index (χ4v) is 1.59. The van der Waals surface area contributed by atoms with Gasteiger partial charge in [-0.2, -0.15) is 13.2 Å². The summed E-state index contributed by atoms with van der Waals surface area (Å²) in [5, 5.41) is 1.76. The Hall–Kier alpha value is -1.92. The Bertz CT molecular complexity index is 435. The Morgan fingerprint density at radius 3 is 2.37 bits per heavy atom. The van der Waals surface area contributed by atoms with Gasteiger partial charge in [-0.25, -0.2) is 0 Å². The number of alkyl halides is 3. The molecule has 0 saturated carbocycles. The molecule has 4 nitrogen and oxygen atoms in total. The van der Waals surface area contributed by atoms with Crippen LogP contribution >= 0.6 is 0 Å². The van der Waals surface area contributed by atoms with Crippen molar-refractivity contribution in [3.05, 3.63) is 23.8 Å². The highest BCUT2D eigenvalue weighted by atomic mass is 19.4. The summed E-state index contributed by atoms with van der Waals surface area (Å²) in [6, 6.07) is 2.53. The molecular weight excluding hydrogens is 263 g/mol. The van der Waals surface area contributed by atoms with Crippen molar-refractivity contribution in [2.75, 3.05) is 14.2 Å². The Kier molecular flexibility index (Phi) is 5.02. The number of carbonyl (C=O) groups is 1. The van der Waals surface area contributed by atoms with Crippen LogP contribution in [0.1, 0.15) is 5.56 Å². The molecule has 106 valence electrons. The van der Waals surface area contributed by atoms with Gasteiger partial charge in [0.15, 0.2) is 11.5 Å². The molecule has 0 aliphatic rings. The molecule has 1 atom stereocenters. The van der Waals surface area contributed by atoms with E-state index >= 15 is 0 Å². The quantitative estimate of drug-likeness (QED) is 0.808. The number of nitrogens with one attached hydrogen (secondary N) is 1. The maximum atomic E-state index is 12.6. The van der Waals surface area contributed by atoms with E-state index in [1.54, 1.807) is 5.32 Å². The maximum Gasteiger partial charge on any atom is 0.408 e. The lowest BCUT2D eigenvalue weighted by Gasteiger charge is -2.20. The Balaban J connectivity index is 2.94. The smallest absolute Gasteiger partial charge is 0.408 e. The second kappa shape index (κ2) is 6.31. The normalized spacial score (nSPS) is 12.7. The maximum absolute atomic E-state index is 12.6. The van der Waals surface area contributed by atoms with Crippen molar-refractivity contribution in [3.63, 3.8) is 0 Å². The van der Waals surface area contributed by atoms with Crippen LogP contribution in [0.5, 0.6) is 11.5 Å². The zero-order valence-corrected chi connectivity index (χ0v) is 10.5.